The molecule has 1 aliphatic rings. The molecule has 2 N–H and O–H groups in total. The summed E-state index contributed by atoms with van der Waals surface area (Å²) in [5.74, 6) is -0.977. The molecule has 1 aromatic carbocycles. The van der Waals surface area contributed by atoms with Crippen LogP contribution in [0, 0.1) is 5.82 Å². The van der Waals surface area contributed by atoms with E-state index in [0.29, 0.717) is 12.8 Å². The summed E-state index contributed by atoms with van der Waals surface area (Å²) in [6.07, 6.45) is 2.83. The third-order valence-electron chi connectivity index (χ3n) is 3.33. The van der Waals surface area contributed by atoms with Crippen LogP contribution in [0.25, 0.3) is 0 Å². The van der Waals surface area contributed by atoms with Crippen LogP contribution >= 0.6 is 11.6 Å². The Hall–Kier alpha value is -0.690. The summed E-state index contributed by atoms with van der Waals surface area (Å²) in [6, 6.07) is 3.78. The predicted octanol–water partition coefficient (Wildman–Crippen LogP) is 2.06. The van der Waals surface area contributed by atoms with Crippen molar-refractivity contribution < 1.29 is 17.9 Å². The highest BCUT2D eigenvalue weighted by Crippen LogP contribution is 2.29. The number of benzene rings is 1. The van der Waals surface area contributed by atoms with E-state index in [0.717, 1.165) is 18.9 Å². The number of hydrogen-bond acceptors (Lipinski definition) is 3. The summed E-state index contributed by atoms with van der Waals surface area (Å²) in [5, 5.41) is 9.83. The molecule has 0 bridgehead atoms. The van der Waals surface area contributed by atoms with Crippen LogP contribution in [0.15, 0.2) is 23.1 Å². The monoisotopic (exact) mass is 307 g/mol. The maximum absolute atomic E-state index is 13.7. The van der Waals surface area contributed by atoms with E-state index in [9.17, 15) is 17.9 Å². The third-order valence-corrected chi connectivity index (χ3v) is 5.04. The van der Waals surface area contributed by atoms with Gasteiger partial charge in [-0.3, -0.25) is 0 Å². The van der Waals surface area contributed by atoms with Gasteiger partial charge in [0.1, 0.15) is 4.90 Å². The topological polar surface area (TPSA) is 66.4 Å². The second kappa shape index (κ2) is 5.36. The number of nitrogens with one attached hydrogen (secondary N) is 1. The van der Waals surface area contributed by atoms with Crippen LogP contribution in [0.1, 0.15) is 25.7 Å². The second-order valence-electron chi connectivity index (χ2n) is 4.81. The molecule has 0 atom stereocenters. The van der Waals surface area contributed by atoms with Crippen molar-refractivity contribution in [1.29, 1.82) is 0 Å². The molecular formula is C12H15ClFNO3S. The van der Waals surface area contributed by atoms with Crippen LogP contribution in [-0.4, -0.2) is 25.7 Å². The van der Waals surface area contributed by atoms with Crippen molar-refractivity contribution in [3.8, 4) is 0 Å². The van der Waals surface area contributed by atoms with Gasteiger partial charge < -0.3 is 5.11 Å². The summed E-state index contributed by atoms with van der Waals surface area (Å²) in [4.78, 5) is -0.499. The number of rotatable bonds is 4. The molecule has 7 heteroatoms. The second-order valence-corrected chi connectivity index (χ2v) is 6.95. The zero-order valence-corrected chi connectivity index (χ0v) is 11.8. The molecule has 0 saturated heterocycles. The Morgan fingerprint density at radius 2 is 2.00 bits per heavy atom. The van der Waals surface area contributed by atoms with Crippen LogP contribution in [0.3, 0.4) is 0 Å². The summed E-state index contributed by atoms with van der Waals surface area (Å²) in [6.45, 7) is -0.110. The van der Waals surface area contributed by atoms with Crippen LogP contribution < -0.4 is 4.72 Å². The summed E-state index contributed by atoms with van der Waals surface area (Å²) in [5.41, 5.74) is -1.03. The van der Waals surface area contributed by atoms with E-state index in [1.165, 1.54) is 12.1 Å². The van der Waals surface area contributed by atoms with Gasteiger partial charge in [-0.05, 0) is 25.0 Å². The zero-order valence-electron chi connectivity index (χ0n) is 10.2. The number of hydrogen-bond donors (Lipinski definition) is 2. The van der Waals surface area contributed by atoms with Crippen molar-refractivity contribution in [2.45, 2.75) is 36.2 Å². The number of sulfonamides is 1. The highest BCUT2D eigenvalue weighted by molar-refractivity contribution is 7.89. The molecule has 0 spiro atoms. The first-order valence-corrected chi connectivity index (χ1v) is 7.86. The lowest BCUT2D eigenvalue weighted by Crippen LogP contribution is -2.40. The van der Waals surface area contributed by atoms with Gasteiger partial charge in [-0.1, -0.05) is 30.5 Å². The minimum absolute atomic E-state index is 0.110. The Morgan fingerprint density at radius 1 is 1.37 bits per heavy atom. The van der Waals surface area contributed by atoms with Gasteiger partial charge in [-0.15, -0.1) is 0 Å². The first kappa shape index (κ1) is 14.7. The SMILES string of the molecule is O=S(=O)(NCC1(O)CCCC1)c1cccc(Cl)c1F. The lowest BCUT2D eigenvalue weighted by atomic mass is 10.0. The Labute approximate surface area is 116 Å². The minimum atomic E-state index is -4.01. The van der Waals surface area contributed by atoms with Crippen LogP contribution in [0.2, 0.25) is 5.02 Å². The average molecular weight is 308 g/mol. The van der Waals surface area contributed by atoms with Crippen molar-refractivity contribution in [1.82, 2.24) is 4.72 Å². The molecular weight excluding hydrogens is 293 g/mol. The Kier molecular flexibility index (Phi) is 4.15. The van der Waals surface area contributed by atoms with Gasteiger partial charge >= 0.3 is 0 Å². The van der Waals surface area contributed by atoms with Gasteiger partial charge in [-0.2, -0.15) is 0 Å². The largest absolute Gasteiger partial charge is 0.389 e. The van der Waals surface area contributed by atoms with Gasteiger partial charge in [0.25, 0.3) is 0 Å². The maximum atomic E-state index is 13.7. The number of halogens is 2. The maximum Gasteiger partial charge on any atom is 0.243 e. The highest BCUT2D eigenvalue weighted by atomic mass is 35.5. The molecule has 0 heterocycles. The van der Waals surface area contributed by atoms with Crippen molar-refractivity contribution in [2.24, 2.45) is 0 Å². The smallest absolute Gasteiger partial charge is 0.243 e. The van der Waals surface area contributed by atoms with Gasteiger partial charge in [0, 0.05) is 6.54 Å². The quantitative estimate of drug-likeness (QED) is 0.895. The third kappa shape index (κ3) is 3.25. The summed E-state index contributed by atoms with van der Waals surface area (Å²) in [7, 11) is -4.01. The molecule has 0 aliphatic heterocycles. The molecule has 0 aromatic heterocycles. The van der Waals surface area contributed by atoms with Crippen molar-refractivity contribution in [3.05, 3.63) is 29.0 Å². The van der Waals surface area contributed by atoms with E-state index in [4.69, 9.17) is 11.6 Å². The fourth-order valence-electron chi connectivity index (χ4n) is 2.21. The van der Waals surface area contributed by atoms with Crippen LogP contribution in [-0.2, 0) is 10.0 Å². The van der Waals surface area contributed by atoms with Crippen molar-refractivity contribution in [2.75, 3.05) is 6.54 Å². The molecule has 0 amide bonds. The van der Waals surface area contributed by atoms with Gasteiger partial charge in [0.2, 0.25) is 10.0 Å². The van der Waals surface area contributed by atoms with E-state index < -0.39 is 26.3 Å². The molecule has 1 saturated carbocycles. The molecule has 1 aliphatic carbocycles. The average Bonchev–Trinajstić information content (AvgIpc) is 2.78. The minimum Gasteiger partial charge on any atom is -0.389 e. The van der Waals surface area contributed by atoms with E-state index >= 15 is 0 Å². The summed E-state index contributed by atoms with van der Waals surface area (Å²) < 4.78 is 39.9. The standard InChI is InChI=1S/C12H15ClFNO3S/c13-9-4-3-5-10(11(9)14)19(17,18)15-8-12(16)6-1-2-7-12/h3-5,15-16H,1-2,6-8H2. The molecule has 1 aromatic rings. The highest BCUT2D eigenvalue weighted by Gasteiger charge is 2.33. The number of aliphatic hydroxyl groups is 1. The molecule has 106 valence electrons. The first-order valence-electron chi connectivity index (χ1n) is 6.00. The van der Waals surface area contributed by atoms with E-state index in [2.05, 4.69) is 4.72 Å². The lowest BCUT2D eigenvalue weighted by Gasteiger charge is -2.22. The van der Waals surface area contributed by atoms with Crippen molar-refractivity contribution in [3.63, 3.8) is 0 Å². The summed E-state index contributed by atoms with van der Waals surface area (Å²) >= 11 is 5.56. The van der Waals surface area contributed by atoms with Gasteiger partial charge in [-0.25, -0.2) is 17.5 Å². The molecule has 0 unspecified atom stereocenters. The Bertz CT molecular complexity index is 570. The molecule has 19 heavy (non-hydrogen) atoms. The Balaban J connectivity index is 2.16. The van der Waals surface area contributed by atoms with E-state index in [1.807, 2.05) is 0 Å². The lowest BCUT2D eigenvalue weighted by molar-refractivity contribution is 0.0531. The van der Waals surface area contributed by atoms with Crippen LogP contribution in [0.5, 0.6) is 0 Å². The van der Waals surface area contributed by atoms with E-state index in [-0.39, 0.29) is 11.6 Å². The van der Waals surface area contributed by atoms with Gasteiger partial charge in [0.05, 0.1) is 10.6 Å². The molecule has 0 radical (unpaired) electrons. The van der Waals surface area contributed by atoms with Crippen molar-refractivity contribution >= 4 is 21.6 Å². The van der Waals surface area contributed by atoms with E-state index in [1.54, 1.807) is 0 Å². The van der Waals surface area contributed by atoms with Crippen LogP contribution in [0.4, 0.5) is 4.39 Å². The first-order chi connectivity index (χ1) is 8.84. The molecule has 4 nitrogen and oxygen atoms in total. The molecule has 2 rings (SSSR count). The normalized spacial score (nSPS) is 18.7. The fourth-order valence-corrected chi connectivity index (χ4v) is 3.66. The Morgan fingerprint density at radius 3 is 2.63 bits per heavy atom. The fraction of sp³-hybridized carbons (Fsp3) is 0.500. The predicted molar refractivity (Wildman–Crippen MR) is 70.0 cm³/mol. The molecule has 1 fully saturated rings. The van der Waals surface area contributed by atoms with Gasteiger partial charge in [0.15, 0.2) is 5.82 Å². The zero-order chi connectivity index (χ0) is 14.1.